The van der Waals surface area contributed by atoms with Crippen molar-refractivity contribution < 1.29 is 0 Å². The molecular weight excluding hydrogens is 803 g/mol. The van der Waals surface area contributed by atoms with Gasteiger partial charge in [0.25, 0.3) is 0 Å². The van der Waals surface area contributed by atoms with Crippen LogP contribution in [-0.2, 0) is 0 Å². The van der Waals surface area contributed by atoms with E-state index in [1.54, 1.807) is 0 Å². The molecule has 8 aromatic carbocycles. The molecule has 0 aliphatic carbocycles. The number of pyridine rings is 3. The van der Waals surface area contributed by atoms with Gasteiger partial charge in [-0.05, 0) is 81.2 Å². The Morgan fingerprint density at radius 2 is 0.788 bits per heavy atom. The molecule has 0 atom stereocenters. The number of hydrogen-bond acceptors (Lipinski definition) is 5. The van der Waals surface area contributed by atoms with Gasteiger partial charge in [0.05, 0.1) is 33.8 Å². The third kappa shape index (κ3) is 7.34. The predicted octanol–water partition coefficient (Wildman–Crippen LogP) is 15.5. The molecule has 0 fully saturated rings. The minimum absolute atomic E-state index is 0.659. The fraction of sp³-hybridized carbons (Fsp3) is 0. The maximum atomic E-state index is 5.38. The van der Waals surface area contributed by atoms with E-state index in [1.165, 1.54) is 0 Å². The van der Waals surface area contributed by atoms with Gasteiger partial charge in [-0.1, -0.05) is 182 Å². The SMILES string of the molecule is c1ccc(-c2cc(-c3cccc(-c4cccc5cnccc45)c3)nc(-c3cccc(-c4cccc(-c5ccc6ccc7c(-c8ccccc8)cc(-c8ccccc8)nc7c6n5)c4)c3)n2)cc1. The highest BCUT2D eigenvalue weighted by molar-refractivity contribution is 6.09. The van der Waals surface area contributed by atoms with Gasteiger partial charge >= 0.3 is 0 Å². The highest BCUT2D eigenvalue weighted by Crippen LogP contribution is 2.38. The van der Waals surface area contributed by atoms with Crippen LogP contribution in [0, 0.1) is 0 Å². The Hall–Kier alpha value is -8.93. The monoisotopic (exact) mass is 841 g/mol. The summed E-state index contributed by atoms with van der Waals surface area (Å²) in [5, 5.41) is 4.38. The molecule has 12 aromatic rings. The van der Waals surface area contributed by atoms with Crippen LogP contribution in [0.1, 0.15) is 0 Å². The number of nitrogens with zero attached hydrogens (tertiary/aromatic N) is 5. The van der Waals surface area contributed by atoms with Gasteiger partial charge in [-0.2, -0.15) is 0 Å². The van der Waals surface area contributed by atoms with Crippen LogP contribution in [0.5, 0.6) is 0 Å². The lowest BCUT2D eigenvalue weighted by atomic mass is 9.96. The van der Waals surface area contributed by atoms with Crippen molar-refractivity contribution in [2.24, 2.45) is 0 Å². The molecule has 0 radical (unpaired) electrons. The van der Waals surface area contributed by atoms with E-state index in [9.17, 15) is 0 Å². The second-order valence-electron chi connectivity index (χ2n) is 16.5. The molecule has 0 bridgehead atoms. The first-order chi connectivity index (χ1) is 32.7. The second-order valence-corrected chi connectivity index (χ2v) is 16.5. The van der Waals surface area contributed by atoms with E-state index < -0.39 is 0 Å². The average molecular weight is 842 g/mol. The third-order valence-electron chi connectivity index (χ3n) is 12.4. The van der Waals surface area contributed by atoms with Crippen molar-refractivity contribution in [3.8, 4) is 89.8 Å². The highest BCUT2D eigenvalue weighted by atomic mass is 14.9. The van der Waals surface area contributed by atoms with E-state index in [-0.39, 0.29) is 0 Å². The first-order valence-electron chi connectivity index (χ1n) is 22.1. The highest BCUT2D eigenvalue weighted by Gasteiger charge is 2.16. The van der Waals surface area contributed by atoms with Crippen molar-refractivity contribution in [2.45, 2.75) is 0 Å². The Kier molecular flexibility index (Phi) is 9.77. The Labute approximate surface area is 382 Å². The van der Waals surface area contributed by atoms with Gasteiger partial charge < -0.3 is 0 Å². The molecule has 0 aliphatic heterocycles. The van der Waals surface area contributed by atoms with Gasteiger partial charge in [-0.15, -0.1) is 0 Å². The molecule has 4 aromatic heterocycles. The molecule has 308 valence electrons. The number of hydrogen-bond donors (Lipinski definition) is 0. The molecule has 4 heterocycles. The van der Waals surface area contributed by atoms with Crippen molar-refractivity contribution in [1.82, 2.24) is 24.9 Å². The van der Waals surface area contributed by atoms with Crippen LogP contribution in [0.25, 0.3) is 122 Å². The largest absolute Gasteiger partial charge is 0.264 e. The second kappa shape index (κ2) is 16.6. The van der Waals surface area contributed by atoms with Crippen LogP contribution in [0.3, 0.4) is 0 Å². The van der Waals surface area contributed by atoms with Crippen LogP contribution < -0.4 is 0 Å². The van der Waals surface area contributed by atoms with E-state index in [4.69, 9.17) is 19.9 Å². The summed E-state index contributed by atoms with van der Waals surface area (Å²) in [4.78, 5) is 25.5. The molecule has 66 heavy (non-hydrogen) atoms. The predicted molar refractivity (Wildman–Crippen MR) is 271 cm³/mol. The molecular formula is C61H39N5. The summed E-state index contributed by atoms with van der Waals surface area (Å²) in [5.41, 5.74) is 17.0. The first-order valence-corrected chi connectivity index (χ1v) is 22.1. The normalized spacial score (nSPS) is 11.3. The lowest BCUT2D eigenvalue weighted by Gasteiger charge is -2.13. The summed E-state index contributed by atoms with van der Waals surface area (Å²) < 4.78 is 0. The van der Waals surface area contributed by atoms with Crippen molar-refractivity contribution in [1.29, 1.82) is 0 Å². The molecule has 0 saturated heterocycles. The van der Waals surface area contributed by atoms with E-state index >= 15 is 0 Å². The lowest BCUT2D eigenvalue weighted by Crippen LogP contribution is -1.96. The van der Waals surface area contributed by atoms with Crippen molar-refractivity contribution in [2.75, 3.05) is 0 Å². The van der Waals surface area contributed by atoms with Crippen LogP contribution in [0.15, 0.2) is 237 Å². The van der Waals surface area contributed by atoms with Gasteiger partial charge in [0.2, 0.25) is 0 Å². The summed E-state index contributed by atoms with van der Waals surface area (Å²) in [6, 6.07) is 78.4. The fourth-order valence-electron chi connectivity index (χ4n) is 9.04. The number of benzene rings is 8. The zero-order valence-electron chi connectivity index (χ0n) is 35.8. The maximum absolute atomic E-state index is 5.38. The fourth-order valence-corrected chi connectivity index (χ4v) is 9.04. The Balaban J connectivity index is 0.938. The topological polar surface area (TPSA) is 64.5 Å². The van der Waals surface area contributed by atoms with Gasteiger partial charge in [0.1, 0.15) is 0 Å². The van der Waals surface area contributed by atoms with Gasteiger partial charge in [0, 0.05) is 56.4 Å². The van der Waals surface area contributed by atoms with Gasteiger partial charge in [-0.3, -0.25) is 4.98 Å². The van der Waals surface area contributed by atoms with Crippen LogP contribution in [0.4, 0.5) is 0 Å². The van der Waals surface area contributed by atoms with Crippen molar-refractivity contribution in [3.63, 3.8) is 0 Å². The molecule has 0 saturated carbocycles. The minimum atomic E-state index is 0.659. The number of aromatic nitrogens is 5. The first kappa shape index (κ1) is 38.7. The van der Waals surface area contributed by atoms with Crippen molar-refractivity contribution in [3.05, 3.63) is 237 Å². The lowest BCUT2D eigenvalue weighted by molar-refractivity contribution is 1.18. The van der Waals surface area contributed by atoms with Crippen LogP contribution >= 0.6 is 0 Å². The quantitative estimate of drug-likeness (QED) is 0.143. The third-order valence-corrected chi connectivity index (χ3v) is 12.4. The van der Waals surface area contributed by atoms with Gasteiger partial charge in [0.15, 0.2) is 5.82 Å². The average Bonchev–Trinajstić information content (AvgIpc) is 3.41. The van der Waals surface area contributed by atoms with E-state index in [1.807, 2.05) is 36.7 Å². The molecule has 0 unspecified atom stereocenters. The molecule has 0 aliphatic rings. The Morgan fingerprint density at radius 3 is 1.52 bits per heavy atom. The molecule has 12 rings (SSSR count). The zero-order chi connectivity index (χ0) is 43.8. The van der Waals surface area contributed by atoms with Crippen LogP contribution in [0.2, 0.25) is 0 Å². The summed E-state index contributed by atoms with van der Waals surface area (Å²) in [7, 11) is 0. The molecule has 5 nitrogen and oxygen atoms in total. The minimum Gasteiger partial charge on any atom is -0.264 e. The smallest absolute Gasteiger partial charge is 0.160 e. The Morgan fingerprint density at radius 1 is 0.258 bits per heavy atom. The number of fused-ring (bicyclic) bond motifs is 4. The summed E-state index contributed by atoms with van der Waals surface area (Å²) in [6.45, 7) is 0. The van der Waals surface area contributed by atoms with Crippen LogP contribution in [-0.4, -0.2) is 24.9 Å². The van der Waals surface area contributed by atoms with E-state index in [0.717, 1.165) is 117 Å². The zero-order valence-corrected chi connectivity index (χ0v) is 35.8. The molecule has 0 N–H and O–H groups in total. The Bertz CT molecular complexity index is 3750. The standard InChI is InChI=1S/C61H39N5/c1-4-14-40(15-5-1)54-37-56(41-16-6-2-7-17-41)64-60-53(54)30-28-43-29-31-55(63-59(43)60)47-23-10-20-44(34-47)45-21-11-25-49(35-45)61-65-57(42-18-8-3-9-19-42)38-58(66-61)48-24-12-22-46(36-48)51-27-13-26-50-39-62-33-32-52(50)51/h1-39H. The summed E-state index contributed by atoms with van der Waals surface area (Å²) in [5.74, 6) is 0.659. The molecule has 0 spiro atoms. The summed E-state index contributed by atoms with van der Waals surface area (Å²) >= 11 is 0. The molecule has 5 heteroatoms. The van der Waals surface area contributed by atoms with Gasteiger partial charge in [-0.25, -0.2) is 19.9 Å². The summed E-state index contributed by atoms with van der Waals surface area (Å²) in [6.07, 6.45) is 3.77. The van der Waals surface area contributed by atoms with E-state index in [2.05, 4.69) is 205 Å². The molecule has 0 amide bonds. The number of rotatable bonds is 8. The van der Waals surface area contributed by atoms with E-state index in [0.29, 0.717) is 5.82 Å². The maximum Gasteiger partial charge on any atom is 0.160 e. The van der Waals surface area contributed by atoms with Crippen molar-refractivity contribution >= 4 is 32.6 Å².